The van der Waals surface area contributed by atoms with Crippen molar-refractivity contribution in [2.24, 2.45) is 0 Å². The van der Waals surface area contributed by atoms with E-state index in [1.54, 1.807) is 0 Å². The first kappa shape index (κ1) is 23.9. The molecule has 184 valence electrons. The molecule has 38 heavy (non-hydrogen) atoms. The molecule has 0 N–H and O–H groups in total. The summed E-state index contributed by atoms with van der Waals surface area (Å²) in [6, 6.07) is 40.0. The van der Waals surface area contributed by atoms with E-state index in [0.29, 0.717) is 0 Å². The fraction of sp³-hybridized carbons (Fsp3) is 0.105. The van der Waals surface area contributed by atoms with Crippen LogP contribution in [-0.2, 0) is 0 Å². The molecule has 5 aromatic carbocycles. The van der Waals surface area contributed by atoms with Crippen LogP contribution in [0.25, 0.3) is 50.2 Å². The summed E-state index contributed by atoms with van der Waals surface area (Å²) in [4.78, 5) is 0. The Morgan fingerprint density at radius 3 is 2.13 bits per heavy atom. The van der Waals surface area contributed by atoms with Crippen molar-refractivity contribution in [2.45, 2.75) is 26.7 Å². The quantitative estimate of drug-likeness (QED) is 0.216. The topological polar surface area (TPSA) is 0 Å². The highest BCUT2D eigenvalue weighted by molar-refractivity contribution is 5.88. The number of fused-ring (bicyclic) bond motifs is 1. The minimum atomic E-state index is 1.12. The fourth-order valence-corrected chi connectivity index (χ4v) is 5.37. The van der Waals surface area contributed by atoms with Crippen molar-refractivity contribution in [3.8, 4) is 22.3 Å². The van der Waals surface area contributed by atoms with E-state index in [0.717, 1.165) is 12.8 Å². The first-order valence-electron chi connectivity index (χ1n) is 13.5. The van der Waals surface area contributed by atoms with Gasteiger partial charge in [-0.25, -0.2) is 0 Å². The number of allylic oxidation sites excluding steroid dienone is 5. The molecule has 0 spiro atoms. The third-order valence-corrected chi connectivity index (χ3v) is 7.65. The molecule has 6 rings (SSSR count). The SMILES string of the molecule is C/C(=C\c1ccc(-c2ccc3ccccc3c2)cc1C)c1ccc(-c2cccc(C3=CC=CCC3)c2)cc1. The number of benzene rings is 5. The lowest BCUT2D eigenvalue weighted by molar-refractivity contribution is 1.05. The van der Waals surface area contributed by atoms with Gasteiger partial charge in [0.1, 0.15) is 0 Å². The molecule has 0 nitrogen and oxygen atoms in total. The van der Waals surface area contributed by atoms with E-state index in [2.05, 4.69) is 147 Å². The Bertz CT molecular complexity index is 1710. The van der Waals surface area contributed by atoms with Gasteiger partial charge in [0.25, 0.3) is 0 Å². The van der Waals surface area contributed by atoms with Crippen LogP contribution in [0.3, 0.4) is 0 Å². The predicted octanol–water partition coefficient (Wildman–Crippen LogP) is 10.8. The Morgan fingerprint density at radius 2 is 1.34 bits per heavy atom. The van der Waals surface area contributed by atoms with Gasteiger partial charge in [-0.3, -0.25) is 0 Å². The Hall–Kier alpha value is -4.42. The van der Waals surface area contributed by atoms with Gasteiger partial charge in [-0.15, -0.1) is 0 Å². The zero-order valence-corrected chi connectivity index (χ0v) is 22.1. The normalized spacial score (nSPS) is 13.5. The summed E-state index contributed by atoms with van der Waals surface area (Å²) in [7, 11) is 0. The summed E-state index contributed by atoms with van der Waals surface area (Å²) in [6.07, 6.45) is 11.2. The molecule has 0 saturated heterocycles. The summed E-state index contributed by atoms with van der Waals surface area (Å²) in [5.74, 6) is 0. The minimum absolute atomic E-state index is 1.12. The van der Waals surface area contributed by atoms with Crippen molar-refractivity contribution >= 4 is 28.0 Å². The second-order valence-corrected chi connectivity index (χ2v) is 10.3. The van der Waals surface area contributed by atoms with Gasteiger partial charge < -0.3 is 0 Å². The molecular formula is C38H32. The van der Waals surface area contributed by atoms with Crippen LogP contribution in [0.2, 0.25) is 0 Å². The van der Waals surface area contributed by atoms with Gasteiger partial charge in [-0.2, -0.15) is 0 Å². The van der Waals surface area contributed by atoms with Gasteiger partial charge in [0.2, 0.25) is 0 Å². The average molecular weight is 489 g/mol. The Labute approximate surface area is 226 Å². The molecule has 0 heterocycles. The predicted molar refractivity (Wildman–Crippen MR) is 166 cm³/mol. The third kappa shape index (κ3) is 5.04. The lowest BCUT2D eigenvalue weighted by Crippen LogP contribution is -1.89. The summed E-state index contributed by atoms with van der Waals surface area (Å²) < 4.78 is 0. The molecule has 0 amide bonds. The van der Waals surface area contributed by atoms with Crippen molar-refractivity contribution in [1.82, 2.24) is 0 Å². The van der Waals surface area contributed by atoms with Gasteiger partial charge in [0.05, 0.1) is 0 Å². The summed E-state index contributed by atoms with van der Waals surface area (Å²) in [5.41, 5.74) is 12.9. The second kappa shape index (κ2) is 10.5. The highest BCUT2D eigenvalue weighted by Gasteiger charge is 2.07. The fourth-order valence-electron chi connectivity index (χ4n) is 5.37. The lowest BCUT2D eigenvalue weighted by atomic mass is 9.93. The molecule has 0 saturated carbocycles. The van der Waals surface area contributed by atoms with Gasteiger partial charge in [-0.1, -0.05) is 121 Å². The highest BCUT2D eigenvalue weighted by atomic mass is 14.1. The molecule has 0 heteroatoms. The van der Waals surface area contributed by atoms with E-state index in [9.17, 15) is 0 Å². The van der Waals surface area contributed by atoms with E-state index in [4.69, 9.17) is 0 Å². The molecule has 0 atom stereocenters. The maximum Gasteiger partial charge on any atom is -0.0178 e. The second-order valence-electron chi connectivity index (χ2n) is 10.3. The summed E-state index contributed by atoms with van der Waals surface area (Å²) in [5, 5.41) is 2.56. The molecule has 1 aliphatic carbocycles. The van der Waals surface area contributed by atoms with Crippen LogP contribution in [0.4, 0.5) is 0 Å². The van der Waals surface area contributed by atoms with Crippen LogP contribution in [0, 0.1) is 6.92 Å². The maximum atomic E-state index is 2.32. The molecule has 1 aliphatic rings. The molecule has 0 aromatic heterocycles. The van der Waals surface area contributed by atoms with Gasteiger partial charge in [0.15, 0.2) is 0 Å². The molecule has 0 fully saturated rings. The van der Waals surface area contributed by atoms with E-state index >= 15 is 0 Å². The van der Waals surface area contributed by atoms with Crippen LogP contribution < -0.4 is 0 Å². The molecule has 5 aromatic rings. The molecule has 0 unspecified atom stereocenters. The number of aryl methyl sites for hydroxylation is 1. The minimum Gasteiger partial charge on any atom is -0.0842 e. The Morgan fingerprint density at radius 1 is 0.632 bits per heavy atom. The van der Waals surface area contributed by atoms with Gasteiger partial charge >= 0.3 is 0 Å². The van der Waals surface area contributed by atoms with Crippen LogP contribution in [0.1, 0.15) is 42.0 Å². The average Bonchev–Trinajstić information content (AvgIpc) is 2.98. The molecular weight excluding hydrogens is 456 g/mol. The zero-order chi connectivity index (χ0) is 25.9. The zero-order valence-electron chi connectivity index (χ0n) is 22.1. The standard InChI is InChI=1S/C38H32/c1-27(23-33-20-22-37(24-28(33)2)38-21-19-31-11-6-7-12-34(31)26-38)29-15-17-32(18-16-29)36-14-8-13-35(25-36)30-9-4-3-5-10-30/h3-4,6-9,11-26H,5,10H2,1-2H3/b27-23+. The van der Waals surface area contributed by atoms with Crippen molar-refractivity contribution in [2.75, 3.05) is 0 Å². The number of hydrogen-bond donors (Lipinski definition) is 0. The Kier molecular flexibility index (Phi) is 6.63. The van der Waals surface area contributed by atoms with E-state index in [1.165, 1.54) is 66.4 Å². The van der Waals surface area contributed by atoms with E-state index < -0.39 is 0 Å². The van der Waals surface area contributed by atoms with Crippen molar-refractivity contribution < 1.29 is 0 Å². The largest absolute Gasteiger partial charge is 0.0842 e. The summed E-state index contributed by atoms with van der Waals surface area (Å²) >= 11 is 0. The number of rotatable bonds is 5. The lowest BCUT2D eigenvalue weighted by Gasteiger charge is -2.12. The highest BCUT2D eigenvalue weighted by Crippen LogP contribution is 2.30. The van der Waals surface area contributed by atoms with Gasteiger partial charge in [0, 0.05) is 0 Å². The first-order valence-corrected chi connectivity index (χ1v) is 13.5. The maximum absolute atomic E-state index is 2.32. The number of hydrogen-bond acceptors (Lipinski definition) is 0. The van der Waals surface area contributed by atoms with Gasteiger partial charge in [-0.05, 0) is 105 Å². The molecule has 0 radical (unpaired) electrons. The van der Waals surface area contributed by atoms with Crippen molar-refractivity contribution in [1.29, 1.82) is 0 Å². The smallest absolute Gasteiger partial charge is 0.0178 e. The monoisotopic (exact) mass is 488 g/mol. The molecule has 0 aliphatic heterocycles. The first-order chi connectivity index (χ1) is 18.6. The third-order valence-electron chi connectivity index (χ3n) is 7.65. The summed E-state index contributed by atoms with van der Waals surface area (Å²) in [6.45, 7) is 4.41. The Balaban J connectivity index is 1.22. The van der Waals surface area contributed by atoms with Crippen molar-refractivity contribution in [3.63, 3.8) is 0 Å². The van der Waals surface area contributed by atoms with Crippen LogP contribution in [-0.4, -0.2) is 0 Å². The van der Waals surface area contributed by atoms with Crippen LogP contribution in [0.15, 0.2) is 127 Å². The van der Waals surface area contributed by atoms with Crippen LogP contribution >= 0.6 is 0 Å². The molecule has 0 bridgehead atoms. The van der Waals surface area contributed by atoms with E-state index in [1.807, 2.05) is 0 Å². The van der Waals surface area contributed by atoms with E-state index in [-0.39, 0.29) is 0 Å². The van der Waals surface area contributed by atoms with Crippen molar-refractivity contribution in [3.05, 3.63) is 150 Å². The van der Waals surface area contributed by atoms with Crippen LogP contribution in [0.5, 0.6) is 0 Å².